The van der Waals surface area contributed by atoms with Gasteiger partial charge in [-0.15, -0.1) is 0 Å². The largest absolute Gasteiger partial charge is 0.488 e. The molecular weight excluding hydrogens is 254 g/mol. The molecule has 0 spiro atoms. The Morgan fingerprint density at radius 1 is 1.50 bits per heavy atom. The zero-order valence-electron chi connectivity index (χ0n) is 11.8. The van der Waals surface area contributed by atoms with E-state index in [9.17, 15) is 4.79 Å². The lowest BCUT2D eigenvalue weighted by atomic mass is 10.1. The molecule has 1 fully saturated rings. The lowest BCUT2D eigenvalue weighted by Crippen LogP contribution is -2.39. The van der Waals surface area contributed by atoms with Gasteiger partial charge in [-0.1, -0.05) is 17.7 Å². The number of hydrogen-bond donors (Lipinski definition) is 1. The number of carboxylic acid groups (broad SMARTS) is 1. The predicted molar refractivity (Wildman–Crippen MR) is 76.1 cm³/mol. The van der Waals surface area contributed by atoms with Gasteiger partial charge in [-0.25, -0.2) is 0 Å². The molecule has 1 aromatic rings. The number of fused-ring (bicyclic) bond motifs is 1. The van der Waals surface area contributed by atoms with Crippen molar-refractivity contribution in [3.05, 3.63) is 29.3 Å². The van der Waals surface area contributed by atoms with Crippen LogP contribution in [0, 0.1) is 6.92 Å². The molecule has 1 saturated heterocycles. The summed E-state index contributed by atoms with van der Waals surface area (Å²) in [6.07, 6.45) is 3.44. The highest BCUT2D eigenvalue weighted by atomic mass is 16.5. The van der Waals surface area contributed by atoms with E-state index >= 15 is 0 Å². The first-order valence-corrected chi connectivity index (χ1v) is 7.34. The van der Waals surface area contributed by atoms with E-state index in [-0.39, 0.29) is 18.6 Å². The maximum Gasteiger partial charge on any atom is 0.304 e. The van der Waals surface area contributed by atoms with Crippen molar-refractivity contribution in [2.24, 2.45) is 0 Å². The third-order valence-corrected chi connectivity index (χ3v) is 4.30. The van der Waals surface area contributed by atoms with Crippen molar-refractivity contribution in [1.29, 1.82) is 0 Å². The molecule has 2 aliphatic rings. The molecule has 4 heteroatoms. The Bertz CT molecular complexity index is 514. The molecule has 2 heterocycles. The van der Waals surface area contributed by atoms with Crippen molar-refractivity contribution >= 4 is 5.97 Å². The van der Waals surface area contributed by atoms with Crippen LogP contribution in [-0.4, -0.2) is 41.2 Å². The quantitative estimate of drug-likeness (QED) is 0.915. The molecule has 4 nitrogen and oxygen atoms in total. The summed E-state index contributed by atoms with van der Waals surface area (Å²) < 4.78 is 5.99. The van der Waals surface area contributed by atoms with Gasteiger partial charge >= 0.3 is 5.97 Å². The van der Waals surface area contributed by atoms with Gasteiger partial charge in [0.15, 0.2) is 0 Å². The number of benzene rings is 1. The van der Waals surface area contributed by atoms with Crippen LogP contribution in [0.3, 0.4) is 0 Å². The highest BCUT2D eigenvalue weighted by molar-refractivity contribution is 5.67. The van der Waals surface area contributed by atoms with Crippen LogP contribution < -0.4 is 4.74 Å². The minimum atomic E-state index is -0.701. The van der Waals surface area contributed by atoms with Crippen molar-refractivity contribution in [3.8, 4) is 5.75 Å². The number of hydrogen-bond acceptors (Lipinski definition) is 3. The zero-order chi connectivity index (χ0) is 14.1. The molecule has 20 heavy (non-hydrogen) atoms. The van der Waals surface area contributed by atoms with Crippen LogP contribution >= 0.6 is 0 Å². The number of aryl methyl sites for hydroxylation is 1. The number of rotatable bonds is 4. The molecule has 0 aromatic heterocycles. The average Bonchev–Trinajstić information content (AvgIpc) is 2.95. The SMILES string of the molecule is Cc1ccc2c(c1)CC(CN1CCCC1CC(=O)O)O2. The second-order valence-electron chi connectivity index (χ2n) is 5.94. The maximum atomic E-state index is 10.9. The standard InChI is InChI=1S/C16H21NO3/c1-11-4-5-15-12(7-11)8-14(20-15)10-17-6-2-3-13(17)9-16(18)19/h4-5,7,13-14H,2-3,6,8-10H2,1H3,(H,18,19). The van der Waals surface area contributed by atoms with Crippen molar-refractivity contribution < 1.29 is 14.6 Å². The number of carbonyl (C=O) groups is 1. The lowest BCUT2D eigenvalue weighted by molar-refractivity contribution is -0.138. The molecule has 0 aliphatic carbocycles. The number of ether oxygens (including phenoxy) is 1. The fourth-order valence-corrected chi connectivity index (χ4v) is 3.38. The molecule has 3 rings (SSSR count). The fraction of sp³-hybridized carbons (Fsp3) is 0.562. The summed E-state index contributed by atoms with van der Waals surface area (Å²) in [5.41, 5.74) is 2.54. The second-order valence-corrected chi connectivity index (χ2v) is 5.94. The minimum Gasteiger partial charge on any atom is -0.488 e. The summed E-state index contributed by atoms with van der Waals surface area (Å²) in [6, 6.07) is 6.49. The van der Waals surface area contributed by atoms with Gasteiger partial charge in [0.05, 0.1) is 6.42 Å². The van der Waals surface area contributed by atoms with Crippen LogP contribution in [0.25, 0.3) is 0 Å². The van der Waals surface area contributed by atoms with E-state index in [2.05, 4.69) is 24.0 Å². The van der Waals surface area contributed by atoms with Gasteiger partial charge in [-0.05, 0) is 37.9 Å². The molecule has 2 unspecified atom stereocenters. The smallest absolute Gasteiger partial charge is 0.304 e. The molecule has 0 bridgehead atoms. The Morgan fingerprint density at radius 3 is 3.15 bits per heavy atom. The van der Waals surface area contributed by atoms with Gasteiger partial charge in [0.25, 0.3) is 0 Å². The van der Waals surface area contributed by atoms with Crippen LogP contribution in [0.4, 0.5) is 0 Å². The summed E-state index contributed by atoms with van der Waals surface area (Å²) in [7, 11) is 0. The van der Waals surface area contributed by atoms with Crippen LogP contribution in [0.1, 0.15) is 30.4 Å². The lowest BCUT2D eigenvalue weighted by Gasteiger charge is -2.25. The maximum absolute atomic E-state index is 10.9. The van der Waals surface area contributed by atoms with E-state index in [1.807, 2.05) is 6.07 Å². The van der Waals surface area contributed by atoms with Crippen molar-refractivity contribution in [3.63, 3.8) is 0 Å². The molecule has 108 valence electrons. The Hall–Kier alpha value is -1.55. The fourth-order valence-electron chi connectivity index (χ4n) is 3.38. The van der Waals surface area contributed by atoms with Crippen molar-refractivity contribution in [2.75, 3.05) is 13.1 Å². The monoisotopic (exact) mass is 275 g/mol. The first-order valence-electron chi connectivity index (χ1n) is 7.34. The highest BCUT2D eigenvalue weighted by Crippen LogP contribution is 2.31. The van der Waals surface area contributed by atoms with Crippen LogP contribution in [0.15, 0.2) is 18.2 Å². The van der Waals surface area contributed by atoms with Gasteiger partial charge in [-0.3, -0.25) is 9.69 Å². The van der Waals surface area contributed by atoms with Crippen molar-refractivity contribution in [2.45, 2.75) is 44.8 Å². The number of nitrogens with zero attached hydrogens (tertiary/aromatic N) is 1. The Kier molecular flexibility index (Phi) is 3.66. The van der Waals surface area contributed by atoms with Crippen LogP contribution in [0.2, 0.25) is 0 Å². The third kappa shape index (κ3) is 2.80. The predicted octanol–water partition coefficient (Wildman–Crippen LogP) is 2.24. The highest BCUT2D eigenvalue weighted by Gasteiger charge is 2.31. The Morgan fingerprint density at radius 2 is 2.35 bits per heavy atom. The molecule has 1 aromatic carbocycles. The molecule has 0 amide bonds. The van der Waals surface area contributed by atoms with E-state index in [1.54, 1.807) is 0 Å². The summed E-state index contributed by atoms with van der Waals surface area (Å²) in [5, 5.41) is 8.97. The summed E-state index contributed by atoms with van der Waals surface area (Å²) in [6.45, 7) is 3.93. The number of likely N-dealkylation sites (tertiary alicyclic amines) is 1. The zero-order valence-corrected chi connectivity index (χ0v) is 11.8. The van der Waals surface area contributed by atoms with E-state index in [0.717, 1.165) is 38.1 Å². The van der Waals surface area contributed by atoms with Gasteiger partial charge < -0.3 is 9.84 Å². The summed E-state index contributed by atoms with van der Waals surface area (Å²) in [5.74, 6) is 0.294. The Labute approximate surface area is 119 Å². The molecule has 2 aliphatic heterocycles. The first-order chi connectivity index (χ1) is 9.61. The van der Waals surface area contributed by atoms with Crippen LogP contribution in [0.5, 0.6) is 5.75 Å². The van der Waals surface area contributed by atoms with Gasteiger partial charge in [0.1, 0.15) is 11.9 Å². The summed E-state index contributed by atoms with van der Waals surface area (Å²) in [4.78, 5) is 13.2. The number of aliphatic carboxylic acids is 1. The molecule has 0 radical (unpaired) electrons. The van der Waals surface area contributed by atoms with Crippen molar-refractivity contribution in [1.82, 2.24) is 4.90 Å². The summed E-state index contributed by atoms with van der Waals surface area (Å²) >= 11 is 0. The topological polar surface area (TPSA) is 49.8 Å². The average molecular weight is 275 g/mol. The number of carboxylic acids is 1. The Balaban J connectivity index is 1.61. The molecular formula is C16H21NO3. The van der Waals surface area contributed by atoms with Gasteiger partial charge in [0, 0.05) is 19.0 Å². The van der Waals surface area contributed by atoms with Gasteiger partial charge in [0.2, 0.25) is 0 Å². The van der Waals surface area contributed by atoms with E-state index in [1.165, 1.54) is 11.1 Å². The van der Waals surface area contributed by atoms with Gasteiger partial charge in [-0.2, -0.15) is 0 Å². The molecule has 0 saturated carbocycles. The first kappa shape index (κ1) is 13.4. The van der Waals surface area contributed by atoms with E-state index < -0.39 is 5.97 Å². The second kappa shape index (κ2) is 5.44. The van der Waals surface area contributed by atoms with Crippen LogP contribution in [-0.2, 0) is 11.2 Å². The molecule has 2 atom stereocenters. The third-order valence-electron chi connectivity index (χ3n) is 4.30. The minimum absolute atomic E-state index is 0.168. The van der Waals surface area contributed by atoms with E-state index in [0.29, 0.717) is 0 Å². The van der Waals surface area contributed by atoms with E-state index in [4.69, 9.17) is 9.84 Å². The normalized spacial score (nSPS) is 25.4. The molecule has 1 N–H and O–H groups in total.